The van der Waals surface area contributed by atoms with Crippen LogP contribution < -0.4 is 4.74 Å². The van der Waals surface area contributed by atoms with E-state index >= 15 is 0 Å². The molecule has 2 aliphatic rings. The predicted octanol–water partition coefficient (Wildman–Crippen LogP) is 6.55. The van der Waals surface area contributed by atoms with Gasteiger partial charge in [-0.3, -0.25) is 0 Å². The van der Waals surface area contributed by atoms with Crippen LogP contribution in [0.1, 0.15) is 69.3 Å². The maximum atomic E-state index is 13.4. The van der Waals surface area contributed by atoms with Crippen molar-refractivity contribution in [3.63, 3.8) is 0 Å². The number of hydrogen-bond acceptors (Lipinski definition) is 8. The lowest BCUT2D eigenvalue weighted by Gasteiger charge is -2.41. The van der Waals surface area contributed by atoms with E-state index in [-0.39, 0.29) is 29.1 Å². The van der Waals surface area contributed by atoms with Crippen molar-refractivity contribution in [1.29, 1.82) is 0 Å². The number of esters is 1. The second kappa shape index (κ2) is 10.8. The third-order valence-corrected chi connectivity index (χ3v) is 8.55. The van der Waals surface area contributed by atoms with Crippen molar-refractivity contribution in [2.24, 2.45) is 5.92 Å². The number of hydrogen-bond donors (Lipinski definition) is 1. The number of aliphatic hydroxyl groups excluding tert-OH is 1. The van der Waals surface area contributed by atoms with Crippen molar-refractivity contribution in [2.75, 3.05) is 0 Å². The van der Waals surface area contributed by atoms with Crippen LogP contribution in [-0.2, 0) is 16.0 Å². The highest BCUT2D eigenvalue weighted by atomic mass is 35.5. The summed E-state index contributed by atoms with van der Waals surface area (Å²) in [6.07, 6.45) is 5.72. The molecule has 3 heterocycles. The Balaban J connectivity index is 1.38. The molecular weight excluding hydrogens is 524 g/mol. The molecule has 8 nitrogen and oxygen atoms in total. The summed E-state index contributed by atoms with van der Waals surface area (Å²) in [5.41, 5.74) is 2.00. The van der Waals surface area contributed by atoms with E-state index in [1.807, 2.05) is 52.0 Å². The second-order valence-electron chi connectivity index (χ2n) is 10.6. The number of halogens is 1. The fourth-order valence-electron chi connectivity index (χ4n) is 5.56. The normalized spacial score (nSPS) is 20.5. The Labute approximate surface area is 231 Å². The van der Waals surface area contributed by atoms with E-state index in [1.54, 1.807) is 4.52 Å². The highest BCUT2D eigenvalue weighted by Gasteiger charge is 2.48. The van der Waals surface area contributed by atoms with Gasteiger partial charge in [0.15, 0.2) is 0 Å². The number of aryl methyl sites for hydroxylation is 3. The van der Waals surface area contributed by atoms with E-state index in [4.69, 9.17) is 21.1 Å². The first-order chi connectivity index (χ1) is 18.1. The smallest absolute Gasteiger partial charge is 0.349 e. The van der Waals surface area contributed by atoms with Crippen LogP contribution in [0, 0.1) is 19.8 Å². The van der Waals surface area contributed by atoms with E-state index < -0.39 is 11.6 Å². The van der Waals surface area contributed by atoms with Gasteiger partial charge < -0.3 is 14.6 Å². The molecule has 10 heteroatoms. The molecule has 1 aromatic carbocycles. The van der Waals surface area contributed by atoms with E-state index in [1.165, 1.54) is 0 Å². The number of ether oxygens (including phenoxy) is 2. The van der Waals surface area contributed by atoms with Crippen LogP contribution in [0.15, 0.2) is 40.1 Å². The van der Waals surface area contributed by atoms with Gasteiger partial charge in [0.2, 0.25) is 5.16 Å². The Kier molecular flexibility index (Phi) is 7.60. The number of rotatable bonds is 8. The zero-order chi connectivity index (χ0) is 27.0. The molecule has 1 aliphatic carbocycles. The minimum atomic E-state index is -0.761. The van der Waals surface area contributed by atoms with E-state index in [0.717, 1.165) is 54.4 Å². The third-order valence-electron chi connectivity index (χ3n) is 7.30. The van der Waals surface area contributed by atoms with Gasteiger partial charge in [0.1, 0.15) is 22.0 Å². The monoisotopic (exact) mass is 556 g/mol. The van der Waals surface area contributed by atoms with Crippen LogP contribution in [-0.4, -0.2) is 42.4 Å². The van der Waals surface area contributed by atoms with Gasteiger partial charge in [0, 0.05) is 17.8 Å². The molecule has 0 amide bonds. The zero-order valence-corrected chi connectivity index (χ0v) is 23.7. The molecule has 1 fully saturated rings. The van der Waals surface area contributed by atoms with Gasteiger partial charge in [-0.1, -0.05) is 30.5 Å². The van der Waals surface area contributed by atoms with Gasteiger partial charge in [0.05, 0.1) is 11.1 Å². The lowest BCUT2D eigenvalue weighted by Crippen LogP contribution is -2.45. The summed E-state index contributed by atoms with van der Waals surface area (Å²) in [6.45, 7) is 7.74. The van der Waals surface area contributed by atoms with Crippen LogP contribution in [0.25, 0.3) is 5.78 Å². The molecule has 0 spiro atoms. The average Bonchev–Trinajstić information content (AvgIpc) is 3.52. The lowest BCUT2D eigenvalue weighted by atomic mass is 9.77. The highest BCUT2D eigenvalue weighted by molar-refractivity contribution is 8.03. The number of cyclic esters (lactones) is 1. The number of fused-ring (bicyclic) bond motifs is 1. The maximum absolute atomic E-state index is 13.4. The molecule has 38 heavy (non-hydrogen) atoms. The summed E-state index contributed by atoms with van der Waals surface area (Å²) >= 11 is 7.50. The molecule has 0 saturated heterocycles. The number of aliphatic hydroxyl groups is 1. The van der Waals surface area contributed by atoms with Gasteiger partial charge in [-0.15, -0.1) is 5.10 Å². The predicted molar refractivity (Wildman–Crippen MR) is 147 cm³/mol. The van der Waals surface area contributed by atoms with Crippen molar-refractivity contribution in [3.8, 4) is 5.75 Å². The summed E-state index contributed by atoms with van der Waals surface area (Å²) < 4.78 is 13.6. The van der Waals surface area contributed by atoms with E-state index in [0.29, 0.717) is 34.5 Å². The standard InChI is InChI=1S/C28H33ClN4O4S/c1-16(2)36-23-10-9-19(14-21(23)29)11-12-28(20-7-5-6-8-20)15-22(34)24(25(35)37-28)38-27-31-26-30-17(3)13-18(4)33(26)32-27/h9-10,13-14,16,20,34H,5-8,11-12,15H2,1-4H3. The first-order valence-corrected chi connectivity index (χ1v) is 14.3. The van der Waals surface area contributed by atoms with Crippen molar-refractivity contribution < 1.29 is 19.4 Å². The highest BCUT2D eigenvalue weighted by Crippen LogP contribution is 2.47. The van der Waals surface area contributed by atoms with Gasteiger partial charge in [0.25, 0.3) is 5.78 Å². The Hall–Kier alpha value is -2.78. The van der Waals surface area contributed by atoms with Crippen molar-refractivity contribution in [2.45, 2.75) is 89.5 Å². The van der Waals surface area contributed by atoms with Crippen LogP contribution in [0.3, 0.4) is 0 Å². The molecule has 3 aromatic rings. The minimum absolute atomic E-state index is 0.0348. The number of nitrogens with zero attached hydrogens (tertiary/aromatic N) is 4. The molecule has 1 unspecified atom stereocenters. The third kappa shape index (κ3) is 5.50. The van der Waals surface area contributed by atoms with Gasteiger partial charge in [-0.2, -0.15) is 4.98 Å². The molecule has 1 aliphatic heterocycles. The first kappa shape index (κ1) is 26.8. The van der Waals surface area contributed by atoms with Gasteiger partial charge in [-0.25, -0.2) is 14.3 Å². The van der Waals surface area contributed by atoms with Crippen molar-refractivity contribution in [1.82, 2.24) is 19.6 Å². The van der Waals surface area contributed by atoms with Crippen molar-refractivity contribution in [3.05, 3.63) is 56.9 Å². The number of benzene rings is 1. The van der Waals surface area contributed by atoms with Crippen molar-refractivity contribution >= 4 is 35.1 Å². The molecule has 1 N–H and O–H groups in total. The summed E-state index contributed by atoms with van der Waals surface area (Å²) in [6, 6.07) is 7.71. The topological polar surface area (TPSA) is 98.8 Å². The summed E-state index contributed by atoms with van der Waals surface area (Å²) in [5, 5.41) is 16.6. The Bertz CT molecular complexity index is 1400. The largest absolute Gasteiger partial charge is 0.511 e. The number of aromatic nitrogens is 4. The zero-order valence-electron chi connectivity index (χ0n) is 22.2. The Morgan fingerprint density at radius 2 is 2.00 bits per heavy atom. The Morgan fingerprint density at radius 1 is 1.24 bits per heavy atom. The van der Waals surface area contributed by atoms with Crippen LogP contribution in [0.5, 0.6) is 5.75 Å². The fraction of sp³-hybridized carbons (Fsp3) is 0.500. The van der Waals surface area contributed by atoms with E-state index in [9.17, 15) is 9.90 Å². The summed E-state index contributed by atoms with van der Waals surface area (Å²) in [4.78, 5) is 22.3. The molecule has 2 aromatic heterocycles. The summed E-state index contributed by atoms with van der Waals surface area (Å²) in [7, 11) is 0. The number of carbonyl (C=O) groups is 1. The molecule has 1 saturated carbocycles. The molecule has 0 bridgehead atoms. The van der Waals surface area contributed by atoms with Gasteiger partial charge >= 0.3 is 5.97 Å². The van der Waals surface area contributed by atoms with Gasteiger partial charge in [-0.05, 0) is 94.8 Å². The maximum Gasteiger partial charge on any atom is 0.349 e. The fourth-order valence-corrected chi connectivity index (χ4v) is 6.56. The molecule has 1 atom stereocenters. The first-order valence-electron chi connectivity index (χ1n) is 13.1. The molecule has 202 valence electrons. The number of thioether (sulfide) groups is 1. The quantitative estimate of drug-likeness (QED) is 0.312. The minimum Gasteiger partial charge on any atom is -0.511 e. The van der Waals surface area contributed by atoms with Crippen LogP contribution in [0.2, 0.25) is 5.02 Å². The Morgan fingerprint density at radius 3 is 2.68 bits per heavy atom. The number of carbonyl (C=O) groups excluding carboxylic acids is 1. The van der Waals surface area contributed by atoms with Crippen LogP contribution in [0.4, 0.5) is 0 Å². The molecule has 5 rings (SSSR count). The molecular formula is C28H33ClN4O4S. The molecule has 0 radical (unpaired) electrons. The lowest BCUT2D eigenvalue weighted by molar-refractivity contribution is -0.166. The SMILES string of the molecule is Cc1cc(C)n2nc(SC3=C(O)CC(CCc4ccc(OC(C)C)c(Cl)c4)(C4CCCC4)OC3=O)nc2n1. The summed E-state index contributed by atoms with van der Waals surface area (Å²) in [5.74, 6) is 0.824. The second-order valence-corrected chi connectivity index (χ2v) is 12.0. The van der Waals surface area contributed by atoms with E-state index in [2.05, 4.69) is 15.1 Å². The average molecular weight is 557 g/mol. The van der Waals surface area contributed by atoms with Crippen LogP contribution >= 0.6 is 23.4 Å².